The number of nitrogens with zero attached hydrogens (tertiary/aromatic N) is 1. The van der Waals surface area contributed by atoms with Gasteiger partial charge in [0.05, 0.1) is 30.8 Å². The van der Waals surface area contributed by atoms with Gasteiger partial charge in [-0.15, -0.1) is 0 Å². The summed E-state index contributed by atoms with van der Waals surface area (Å²) >= 11 is 0. The van der Waals surface area contributed by atoms with Gasteiger partial charge in [-0.1, -0.05) is 30.3 Å². The maximum Gasteiger partial charge on any atom is 0.416 e. The predicted molar refractivity (Wildman–Crippen MR) is 105 cm³/mol. The second-order valence-corrected chi connectivity index (χ2v) is 8.31. The molecular formula is C23H26BrF6NO. The molecule has 1 unspecified atom stereocenters. The number of benzene rings is 2. The predicted octanol–water partition coefficient (Wildman–Crippen LogP) is 2.83. The lowest BCUT2D eigenvalue weighted by Crippen LogP contribution is -3.00. The van der Waals surface area contributed by atoms with E-state index in [1.165, 1.54) is 0 Å². The Bertz CT molecular complexity index is 839. The van der Waals surface area contributed by atoms with Gasteiger partial charge in [0.15, 0.2) is 0 Å². The smallest absolute Gasteiger partial charge is 0.416 e. The van der Waals surface area contributed by atoms with Gasteiger partial charge in [0, 0.05) is 24.8 Å². The standard InChI is InChI=1S/C23H26F6NO.BrH/c24-22(25,26)19-12-18(13-20(14-19)23(27,28)29)15-30(11-5-9-21(30)16-31)10-4-8-17-6-2-1-3-7-17;/h1-3,6-7,12-14,21,31H,4-5,8-11,15-16H2;1H/q+1;/p-1/t21-,30?;/m0./s1. The minimum atomic E-state index is -4.87. The fourth-order valence-electron chi connectivity index (χ4n) is 4.66. The fourth-order valence-corrected chi connectivity index (χ4v) is 4.66. The molecule has 1 N–H and O–H groups in total. The molecule has 0 bridgehead atoms. The summed E-state index contributed by atoms with van der Waals surface area (Å²) in [4.78, 5) is 0. The van der Waals surface area contributed by atoms with E-state index in [9.17, 15) is 31.4 Å². The third-order valence-corrected chi connectivity index (χ3v) is 6.18. The Balaban J connectivity index is 0.00000363. The van der Waals surface area contributed by atoms with Crippen LogP contribution in [0.1, 0.15) is 41.5 Å². The molecule has 1 aliphatic heterocycles. The quantitative estimate of drug-likeness (QED) is 0.435. The SMILES string of the molecule is OC[C@@H]1CCC[N+]1(CCCc1ccccc1)Cc1cc(C(F)(F)F)cc(C(F)(F)F)c1.[Br-]. The molecule has 32 heavy (non-hydrogen) atoms. The number of likely N-dealkylation sites (tertiary alicyclic amines) is 1. The lowest BCUT2D eigenvalue weighted by atomic mass is 10.0. The van der Waals surface area contributed by atoms with E-state index in [-0.39, 0.29) is 47.8 Å². The van der Waals surface area contributed by atoms with Crippen LogP contribution in [0.5, 0.6) is 0 Å². The minimum Gasteiger partial charge on any atom is -1.00 e. The van der Waals surface area contributed by atoms with Crippen LogP contribution in [0.4, 0.5) is 26.3 Å². The summed E-state index contributed by atoms with van der Waals surface area (Å²) in [5.74, 6) is 0. The summed E-state index contributed by atoms with van der Waals surface area (Å²) in [5, 5.41) is 9.89. The first kappa shape index (κ1) is 26.7. The van der Waals surface area contributed by atoms with Crippen LogP contribution in [0.2, 0.25) is 0 Å². The van der Waals surface area contributed by atoms with Crippen LogP contribution in [-0.2, 0) is 25.3 Å². The number of aliphatic hydroxyl groups excluding tert-OH is 1. The van der Waals surface area contributed by atoms with Crippen LogP contribution in [0.3, 0.4) is 0 Å². The van der Waals surface area contributed by atoms with Crippen LogP contribution >= 0.6 is 0 Å². The summed E-state index contributed by atoms with van der Waals surface area (Å²) in [5.41, 5.74) is -1.46. The number of halogens is 7. The van der Waals surface area contributed by atoms with E-state index >= 15 is 0 Å². The maximum atomic E-state index is 13.3. The molecule has 2 aromatic carbocycles. The minimum absolute atomic E-state index is 0. The van der Waals surface area contributed by atoms with Gasteiger partial charge in [-0.2, -0.15) is 26.3 Å². The van der Waals surface area contributed by atoms with E-state index in [2.05, 4.69) is 0 Å². The molecule has 0 radical (unpaired) electrons. The van der Waals surface area contributed by atoms with Crippen molar-refractivity contribution in [2.75, 3.05) is 19.7 Å². The Morgan fingerprint density at radius 1 is 0.875 bits per heavy atom. The zero-order chi connectivity index (χ0) is 22.7. The maximum absolute atomic E-state index is 13.3. The molecular weight excluding hydrogens is 500 g/mol. The fraction of sp³-hybridized carbons (Fsp3) is 0.478. The van der Waals surface area contributed by atoms with E-state index in [1.54, 1.807) is 0 Å². The van der Waals surface area contributed by atoms with Crippen molar-refractivity contribution in [1.82, 2.24) is 0 Å². The van der Waals surface area contributed by atoms with Gasteiger partial charge in [-0.05, 0) is 30.2 Å². The average molecular weight is 526 g/mol. The molecule has 9 heteroatoms. The molecule has 0 spiro atoms. The second-order valence-electron chi connectivity index (χ2n) is 8.31. The molecule has 1 fully saturated rings. The number of hydrogen-bond donors (Lipinski definition) is 1. The highest BCUT2D eigenvalue weighted by Gasteiger charge is 2.42. The van der Waals surface area contributed by atoms with Gasteiger partial charge in [0.1, 0.15) is 12.6 Å². The number of hydrogen-bond acceptors (Lipinski definition) is 1. The molecule has 2 atom stereocenters. The Kier molecular flexibility index (Phi) is 8.81. The van der Waals surface area contributed by atoms with Crippen molar-refractivity contribution in [1.29, 1.82) is 0 Å². The van der Waals surface area contributed by atoms with Crippen LogP contribution in [0.15, 0.2) is 48.5 Å². The van der Waals surface area contributed by atoms with Crippen molar-refractivity contribution in [3.8, 4) is 0 Å². The van der Waals surface area contributed by atoms with Gasteiger partial charge < -0.3 is 26.6 Å². The number of aliphatic hydroxyl groups is 1. The number of aryl methyl sites for hydroxylation is 1. The Morgan fingerprint density at radius 3 is 2.00 bits per heavy atom. The molecule has 0 aromatic heterocycles. The van der Waals surface area contributed by atoms with Crippen molar-refractivity contribution >= 4 is 0 Å². The lowest BCUT2D eigenvalue weighted by Gasteiger charge is -2.40. The van der Waals surface area contributed by atoms with Gasteiger partial charge in [0.2, 0.25) is 0 Å². The van der Waals surface area contributed by atoms with Crippen molar-refractivity contribution in [3.63, 3.8) is 0 Å². The molecule has 0 amide bonds. The van der Waals surface area contributed by atoms with E-state index in [1.807, 2.05) is 30.3 Å². The van der Waals surface area contributed by atoms with Crippen LogP contribution in [-0.4, -0.2) is 35.3 Å². The summed E-state index contributed by atoms with van der Waals surface area (Å²) in [6.07, 6.45) is -6.76. The third kappa shape index (κ3) is 6.48. The molecule has 2 nitrogen and oxygen atoms in total. The van der Waals surface area contributed by atoms with Gasteiger partial charge in [-0.25, -0.2) is 0 Å². The molecule has 2 aromatic rings. The monoisotopic (exact) mass is 525 g/mol. The summed E-state index contributed by atoms with van der Waals surface area (Å²) < 4.78 is 79.9. The molecule has 0 saturated carbocycles. The van der Waals surface area contributed by atoms with Gasteiger partial charge >= 0.3 is 12.4 Å². The summed E-state index contributed by atoms with van der Waals surface area (Å²) in [7, 11) is 0. The Labute approximate surface area is 194 Å². The van der Waals surface area contributed by atoms with Crippen molar-refractivity contribution in [2.45, 2.75) is 50.6 Å². The van der Waals surface area contributed by atoms with E-state index < -0.39 is 23.5 Å². The second kappa shape index (κ2) is 10.6. The van der Waals surface area contributed by atoms with Crippen molar-refractivity contribution in [2.24, 2.45) is 0 Å². The Hall–Kier alpha value is -1.58. The number of quaternary nitrogens is 1. The van der Waals surface area contributed by atoms with Crippen LogP contribution < -0.4 is 17.0 Å². The summed E-state index contributed by atoms with van der Waals surface area (Å²) in [6, 6.07) is 11.3. The Morgan fingerprint density at radius 2 is 1.47 bits per heavy atom. The lowest BCUT2D eigenvalue weighted by molar-refractivity contribution is -0.952. The average Bonchev–Trinajstić information content (AvgIpc) is 3.09. The highest BCUT2D eigenvalue weighted by Crippen LogP contribution is 2.38. The van der Waals surface area contributed by atoms with Gasteiger partial charge in [-0.3, -0.25) is 0 Å². The zero-order valence-corrected chi connectivity index (χ0v) is 19.0. The first-order valence-electron chi connectivity index (χ1n) is 10.3. The third-order valence-electron chi connectivity index (χ3n) is 6.18. The molecule has 3 rings (SSSR count). The molecule has 0 aliphatic carbocycles. The van der Waals surface area contributed by atoms with Gasteiger partial charge in [0.25, 0.3) is 0 Å². The van der Waals surface area contributed by atoms with Crippen molar-refractivity contribution < 1.29 is 52.9 Å². The van der Waals surface area contributed by atoms with Crippen LogP contribution in [0, 0.1) is 0 Å². The highest BCUT2D eigenvalue weighted by atomic mass is 79.9. The molecule has 1 aliphatic rings. The normalized spacial score (nSPS) is 21.4. The largest absolute Gasteiger partial charge is 1.00 e. The number of alkyl halides is 6. The molecule has 178 valence electrons. The van der Waals surface area contributed by atoms with E-state index in [0.29, 0.717) is 24.0 Å². The zero-order valence-electron chi connectivity index (χ0n) is 17.4. The highest BCUT2D eigenvalue weighted by molar-refractivity contribution is 5.33. The van der Waals surface area contributed by atoms with E-state index in [4.69, 9.17) is 0 Å². The number of rotatable bonds is 7. The first-order chi connectivity index (χ1) is 14.5. The molecule has 1 saturated heterocycles. The van der Waals surface area contributed by atoms with Crippen LogP contribution in [0.25, 0.3) is 0 Å². The molecule has 1 heterocycles. The topological polar surface area (TPSA) is 20.2 Å². The van der Waals surface area contributed by atoms with Crippen molar-refractivity contribution in [3.05, 3.63) is 70.8 Å². The first-order valence-corrected chi connectivity index (χ1v) is 10.3. The summed E-state index contributed by atoms with van der Waals surface area (Å²) in [6.45, 7) is 1.10. The van der Waals surface area contributed by atoms with E-state index in [0.717, 1.165) is 37.0 Å².